The van der Waals surface area contributed by atoms with Gasteiger partial charge in [0.15, 0.2) is 16.7 Å². The molecule has 1 aliphatic rings. The highest BCUT2D eigenvalue weighted by Gasteiger charge is 2.37. The lowest BCUT2D eigenvalue weighted by molar-refractivity contribution is -0.119. The number of carbonyl (C=O) groups excluding carboxylic acids is 2. The monoisotopic (exact) mass is 640 g/mol. The van der Waals surface area contributed by atoms with Crippen molar-refractivity contribution in [2.45, 2.75) is 75.7 Å². The van der Waals surface area contributed by atoms with E-state index in [9.17, 15) is 9.59 Å². The average Bonchev–Trinajstić information content (AvgIpc) is 3.45. The summed E-state index contributed by atoms with van der Waals surface area (Å²) in [6.07, 6.45) is 7.20. The quantitative estimate of drug-likeness (QED) is 0.170. The molecular weight excluding hydrogens is 600 g/mol. The zero-order valence-electron chi connectivity index (χ0n) is 26.0. The van der Waals surface area contributed by atoms with Crippen molar-refractivity contribution in [1.82, 2.24) is 20.2 Å². The van der Waals surface area contributed by atoms with E-state index in [1.165, 1.54) is 11.8 Å². The Morgan fingerprint density at radius 2 is 1.70 bits per heavy atom. The minimum atomic E-state index is -0.617. The van der Waals surface area contributed by atoms with Crippen molar-refractivity contribution >= 4 is 35.4 Å². The van der Waals surface area contributed by atoms with Crippen LogP contribution >= 0.6 is 23.4 Å². The summed E-state index contributed by atoms with van der Waals surface area (Å²) in [5.41, 5.74) is 2.26. The summed E-state index contributed by atoms with van der Waals surface area (Å²) in [6, 6.07) is 13.1. The van der Waals surface area contributed by atoms with Crippen LogP contribution in [-0.4, -0.2) is 71.1 Å². The third kappa shape index (κ3) is 9.50. The van der Waals surface area contributed by atoms with Gasteiger partial charge >= 0.3 is 6.09 Å². The summed E-state index contributed by atoms with van der Waals surface area (Å²) in [6.45, 7) is 6.13. The Bertz CT molecular complexity index is 1400. The Hall–Kier alpha value is -3.50. The number of ether oxygens (including phenoxy) is 3. The highest BCUT2D eigenvalue weighted by atomic mass is 35.5. The van der Waals surface area contributed by atoms with E-state index in [1.54, 1.807) is 26.6 Å². The van der Waals surface area contributed by atoms with Gasteiger partial charge in [-0.15, -0.1) is 0 Å². The van der Waals surface area contributed by atoms with Crippen LogP contribution in [0.4, 0.5) is 4.79 Å². The first kappa shape index (κ1) is 33.4. The standard InChI is InChI=1S/C33H41ClN4O5S/c1-33(2,3)43-32(40)38(17-7-8-22-11-14-25(34)15-12-22)27-10-6-9-26(27)37-30(39)21-44-31-35-19-24(20-36-31)23-13-16-28(41-4)29(18-23)42-5/h11-16,18-20,26-27H,6-10,17,21H2,1-5H3,(H,37,39). The lowest BCUT2D eigenvalue weighted by Crippen LogP contribution is -2.52. The topological polar surface area (TPSA) is 103 Å². The van der Waals surface area contributed by atoms with E-state index in [1.807, 2.05) is 68.1 Å². The fourth-order valence-electron chi connectivity index (χ4n) is 5.23. The molecule has 236 valence electrons. The number of carbonyl (C=O) groups is 2. The molecule has 2 unspecified atom stereocenters. The Balaban J connectivity index is 1.34. The van der Waals surface area contributed by atoms with Gasteiger partial charge < -0.3 is 24.4 Å². The van der Waals surface area contributed by atoms with Crippen molar-refractivity contribution in [3.8, 4) is 22.6 Å². The van der Waals surface area contributed by atoms with Crippen LogP contribution < -0.4 is 14.8 Å². The molecule has 9 nitrogen and oxygen atoms in total. The second-order valence-electron chi connectivity index (χ2n) is 11.7. The van der Waals surface area contributed by atoms with E-state index in [-0.39, 0.29) is 29.8 Å². The maximum atomic E-state index is 13.3. The van der Waals surface area contributed by atoms with Gasteiger partial charge in [-0.05, 0) is 88.3 Å². The molecule has 0 bridgehead atoms. The van der Waals surface area contributed by atoms with Gasteiger partial charge in [-0.1, -0.05) is 41.6 Å². The molecule has 1 N–H and O–H groups in total. The molecule has 2 amide bonds. The second kappa shape index (κ2) is 15.5. The van der Waals surface area contributed by atoms with Crippen molar-refractivity contribution < 1.29 is 23.8 Å². The number of amides is 2. The number of benzene rings is 2. The normalized spacial score (nSPS) is 16.3. The lowest BCUT2D eigenvalue weighted by Gasteiger charge is -2.35. The van der Waals surface area contributed by atoms with E-state index < -0.39 is 5.60 Å². The van der Waals surface area contributed by atoms with Gasteiger partial charge in [0.05, 0.1) is 26.0 Å². The molecule has 2 aromatic carbocycles. The molecule has 2 atom stereocenters. The average molecular weight is 641 g/mol. The zero-order chi connectivity index (χ0) is 31.7. The number of nitrogens with zero attached hydrogens (tertiary/aromatic N) is 3. The van der Waals surface area contributed by atoms with E-state index in [2.05, 4.69) is 15.3 Å². The molecule has 3 aromatic rings. The minimum absolute atomic E-state index is 0.121. The van der Waals surface area contributed by atoms with Crippen LogP contribution in [-0.2, 0) is 16.0 Å². The molecule has 4 rings (SSSR count). The van der Waals surface area contributed by atoms with E-state index >= 15 is 0 Å². The molecule has 1 fully saturated rings. The van der Waals surface area contributed by atoms with Crippen LogP contribution in [0.25, 0.3) is 11.1 Å². The molecule has 0 saturated heterocycles. The highest BCUT2D eigenvalue weighted by Crippen LogP contribution is 2.32. The van der Waals surface area contributed by atoms with Gasteiger partial charge in [0.2, 0.25) is 5.91 Å². The molecule has 0 radical (unpaired) electrons. The van der Waals surface area contributed by atoms with E-state index in [0.717, 1.165) is 48.8 Å². The summed E-state index contributed by atoms with van der Waals surface area (Å²) >= 11 is 7.30. The fraction of sp³-hybridized carbons (Fsp3) is 0.455. The van der Waals surface area contributed by atoms with Crippen molar-refractivity contribution in [2.75, 3.05) is 26.5 Å². The number of rotatable bonds is 12. The van der Waals surface area contributed by atoms with E-state index in [0.29, 0.717) is 28.2 Å². The van der Waals surface area contributed by atoms with Crippen molar-refractivity contribution in [2.24, 2.45) is 0 Å². The number of hydrogen-bond donors (Lipinski definition) is 1. The van der Waals surface area contributed by atoms with Gasteiger partial charge in [-0.25, -0.2) is 14.8 Å². The number of aryl methyl sites for hydroxylation is 1. The number of methoxy groups -OCH3 is 2. The molecule has 0 spiro atoms. The first-order valence-electron chi connectivity index (χ1n) is 14.8. The van der Waals surface area contributed by atoms with Crippen LogP contribution in [0.15, 0.2) is 60.0 Å². The second-order valence-corrected chi connectivity index (χ2v) is 13.1. The summed E-state index contributed by atoms with van der Waals surface area (Å²) < 4.78 is 16.5. The SMILES string of the molecule is COc1ccc(-c2cnc(SCC(=O)NC3CCCC3N(CCCc3ccc(Cl)cc3)C(=O)OC(C)(C)C)nc2)cc1OC. The zero-order valence-corrected chi connectivity index (χ0v) is 27.5. The molecule has 1 aromatic heterocycles. The molecule has 1 heterocycles. The first-order valence-corrected chi connectivity index (χ1v) is 16.1. The fourth-order valence-corrected chi connectivity index (χ4v) is 5.96. The summed E-state index contributed by atoms with van der Waals surface area (Å²) in [5, 5.41) is 4.37. The molecular formula is C33H41ClN4O5S. The maximum absolute atomic E-state index is 13.3. The van der Waals surface area contributed by atoms with Gasteiger partial charge in [0.1, 0.15) is 5.60 Å². The maximum Gasteiger partial charge on any atom is 0.410 e. The molecule has 44 heavy (non-hydrogen) atoms. The van der Waals surface area contributed by atoms with Crippen LogP contribution in [0.5, 0.6) is 11.5 Å². The largest absolute Gasteiger partial charge is 0.493 e. The third-order valence-corrected chi connectivity index (χ3v) is 8.44. The molecule has 1 saturated carbocycles. The van der Waals surface area contributed by atoms with Gasteiger partial charge in [-0.3, -0.25) is 4.79 Å². The number of thioether (sulfide) groups is 1. The summed E-state index contributed by atoms with van der Waals surface area (Å²) in [5.74, 6) is 1.32. The molecule has 11 heteroatoms. The smallest absolute Gasteiger partial charge is 0.410 e. The predicted octanol–water partition coefficient (Wildman–Crippen LogP) is 6.81. The van der Waals surface area contributed by atoms with Gasteiger partial charge in [0.25, 0.3) is 0 Å². The van der Waals surface area contributed by atoms with Crippen LogP contribution in [0.2, 0.25) is 5.02 Å². The predicted molar refractivity (Wildman–Crippen MR) is 174 cm³/mol. The Morgan fingerprint density at radius 1 is 1.00 bits per heavy atom. The van der Waals surface area contributed by atoms with Crippen LogP contribution in [0.1, 0.15) is 52.0 Å². The molecule has 0 aliphatic heterocycles. The van der Waals surface area contributed by atoms with Crippen molar-refractivity contribution in [3.63, 3.8) is 0 Å². The van der Waals surface area contributed by atoms with E-state index in [4.69, 9.17) is 25.8 Å². The number of aromatic nitrogens is 2. The number of nitrogens with one attached hydrogen (secondary N) is 1. The first-order chi connectivity index (χ1) is 21.1. The van der Waals surface area contributed by atoms with Crippen LogP contribution in [0, 0.1) is 0 Å². The minimum Gasteiger partial charge on any atom is -0.493 e. The highest BCUT2D eigenvalue weighted by molar-refractivity contribution is 7.99. The molecule has 1 aliphatic carbocycles. The summed E-state index contributed by atoms with van der Waals surface area (Å²) in [4.78, 5) is 37.0. The Kier molecular flexibility index (Phi) is 11.7. The van der Waals surface area contributed by atoms with Crippen LogP contribution in [0.3, 0.4) is 0 Å². The van der Waals surface area contributed by atoms with Crippen molar-refractivity contribution in [1.29, 1.82) is 0 Å². The lowest BCUT2D eigenvalue weighted by atomic mass is 10.1. The number of halogens is 1. The summed E-state index contributed by atoms with van der Waals surface area (Å²) in [7, 11) is 3.19. The van der Waals surface area contributed by atoms with Gasteiger partial charge in [0, 0.05) is 35.6 Å². The third-order valence-electron chi connectivity index (χ3n) is 7.31. The number of hydrogen-bond acceptors (Lipinski definition) is 8. The van der Waals surface area contributed by atoms with Gasteiger partial charge in [-0.2, -0.15) is 0 Å². The van der Waals surface area contributed by atoms with Crippen molar-refractivity contribution in [3.05, 3.63) is 65.4 Å². The Labute approximate surface area is 269 Å². The Morgan fingerprint density at radius 3 is 2.36 bits per heavy atom.